The van der Waals surface area contributed by atoms with Crippen LogP contribution in [-0.2, 0) is 11.2 Å². The number of aliphatic carboxylic acids is 1. The Morgan fingerprint density at radius 3 is 2.72 bits per heavy atom. The summed E-state index contributed by atoms with van der Waals surface area (Å²) in [7, 11) is 0. The van der Waals surface area contributed by atoms with Gasteiger partial charge in [-0.15, -0.1) is 0 Å². The summed E-state index contributed by atoms with van der Waals surface area (Å²) in [6.07, 6.45) is 4.46. The summed E-state index contributed by atoms with van der Waals surface area (Å²) < 4.78 is 0. The van der Waals surface area contributed by atoms with Crippen LogP contribution in [0, 0.1) is 5.41 Å². The van der Waals surface area contributed by atoms with Crippen LogP contribution in [-0.4, -0.2) is 24.2 Å². The van der Waals surface area contributed by atoms with E-state index in [-0.39, 0.29) is 0 Å². The van der Waals surface area contributed by atoms with E-state index in [2.05, 4.69) is 17.4 Å². The van der Waals surface area contributed by atoms with Crippen molar-refractivity contribution in [3.05, 3.63) is 35.9 Å². The van der Waals surface area contributed by atoms with E-state index in [9.17, 15) is 9.90 Å². The molecule has 0 saturated carbocycles. The third kappa shape index (κ3) is 3.10. The van der Waals surface area contributed by atoms with Gasteiger partial charge in [0.1, 0.15) is 0 Å². The van der Waals surface area contributed by atoms with E-state index in [0.29, 0.717) is 6.54 Å². The Morgan fingerprint density at radius 2 is 2.11 bits per heavy atom. The van der Waals surface area contributed by atoms with Gasteiger partial charge >= 0.3 is 5.97 Å². The fourth-order valence-electron chi connectivity index (χ4n) is 2.75. The zero-order valence-electron chi connectivity index (χ0n) is 10.7. The van der Waals surface area contributed by atoms with Gasteiger partial charge in [-0.3, -0.25) is 4.79 Å². The first-order valence-corrected chi connectivity index (χ1v) is 6.71. The largest absolute Gasteiger partial charge is 0.481 e. The van der Waals surface area contributed by atoms with Crippen molar-refractivity contribution in [2.24, 2.45) is 5.41 Å². The highest BCUT2D eigenvalue weighted by atomic mass is 16.4. The van der Waals surface area contributed by atoms with Gasteiger partial charge in [-0.2, -0.15) is 0 Å². The lowest BCUT2D eigenvalue weighted by atomic mass is 9.76. The molecule has 1 aliphatic heterocycles. The molecule has 3 heteroatoms. The van der Waals surface area contributed by atoms with Crippen molar-refractivity contribution in [3.63, 3.8) is 0 Å². The van der Waals surface area contributed by atoms with E-state index >= 15 is 0 Å². The molecule has 1 heterocycles. The Labute approximate surface area is 108 Å². The zero-order valence-corrected chi connectivity index (χ0v) is 10.7. The highest BCUT2D eigenvalue weighted by Gasteiger charge is 2.38. The number of carboxylic acid groups (broad SMARTS) is 1. The van der Waals surface area contributed by atoms with Crippen molar-refractivity contribution < 1.29 is 9.90 Å². The Morgan fingerprint density at radius 1 is 1.33 bits per heavy atom. The number of aryl methyl sites for hydroxylation is 1. The van der Waals surface area contributed by atoms with Gasteiger partial charge in [0.2, 0.25) is 0 Å². The average Bonchev–Trinajstić information content (AvgIpc) is 2.41. The van der Waals surface area contributed by atoms with Crippen LogP contribution in [0.5, 0.6) is 0 Å². The first-order valence-electron chi connectivity index (χ1n) is 6.71. The van der Waals surface area contributed by atoms with Crippen LogP contribution in [0.25, 0.3) is 0 Å². The van der Waals surface area contributed by atoms with E-state index in [1.807, 2.05) is 18.2 Å². The summed E-state index contributed by atoms with van der Waals surface area (Å²) in [6, 6.07) is 10.3. The second kappa shape index (κ2) is 6.01. The number of piperidine rings is 1. The van der Waals surface area contributed by atoms with Crippen molar-refractivity contribution in [1.82, 2.24) is 5.32 Å². The highest BCUT2D eigenvalue weighted by Crippen LogP contribution is 2.32. The van der Waals surface area contributed by atoms with Gasteiger partial charge in [-0.05, 0) is 44.2 Å². The van der Waals surface area contributed by atoms with Crippen LogP contribution in [0.3, 0.4) is 0 Å². The molecule has 3 nitrogen and oxygen atoms in total. The smallest absolute Gasteiger partial charge is 0.310 e. The lowest BCUT2D eigenvalue weighted by molar-refractivity contribution is -0.150. The van der Waals surface area contributed by atoms with E-state index in [1.165, 1.54) is 5.56 Å². The lowest BCUT2D eigenvalue weighted by Crippen LogP contribution is -2.45. The third-order valence-electron chi connectivity index (χ3n) is 3.89. The summed E-state index contributed by atoms with van der Waals surface area (Å²) >= 11 is 0. The SMILES string of the molecule is O=C(O)C1(CCCc2ccccc2)CCCNC1. The lowest BCUT2D eigenvalue weighted by Gasteiger charge is -2.33. The summed E-state index contributed by atoms with van der Waals surface area (Å²) in [6.45, 7) is 1.57. The normalized spacial score (nSPS) is 23.8. The molecule has 0 spiro atoms. The summed E-state index contributed by atoms with van der Waals surface area (Å²) in [5.41, 5.74) is 0.759. The molecule has 0 amide bonds. The Balaban J connectivity index is 1.88. The molecule has 1 saturated heterocycles. The molecule has 0 aliphatic carbocycles. The minimum atomic E-state index is -0.636. The van der Waals surface area contributed by atoms with Gasteiger partial charge in [0.15, 0.2) is 0 Å². The van der Waals surface area contributed by atoms with Crippen LogP contribution in [0.15, 0.2) is 30.3 Å². The number of hydrogen-bond donors (Lipinski definition) is 2. The van der Waals surface area contributed by atoms with Gasteiger partial charge in [0, 0.05) is 6.54 Å². The minimum Gasteiger partial charge on any atom is -0.481 e. The second-order valence-corrected chi connectivity index (χ2v) is 5.20. The summed E-state index contributed by atoms with van der Waals surface area (Å²) in [5, 5.41) is 12.7. The number of carbonyl (C=O) groups is 1. The maximum absolute atomic E-state index is 11.5. The molecule has 0 bridgehead atoms. The van der Waals surface area contributed by atoms with Gasteiger partial charge in [0.05, 0.1) is 5.41 Å². The van der Waals surface area contributed by atoms with E-state index in [1.54, 1.807) is 0 Å². The van der Waals surface area contributed by atoms with Crippen LogP contribution in [0.2, 0.25) is 0 Å². The molecular formula is C15H21NO2. The van der Waals surface area contributed by atoms with Crippen LogP contribution >= 0.6 is 0 Å². The molecule has 1 unspecified atom stereocenters. The van der Waals surface area contributed by atoms with Crippen LogP contribution in [0.1, 0.15) is 31.2 Å². The Hall–Kier alpha value is -1.35. The molecule has 1 atom stereocenters. The second-order valence-electron chi connectivity index (χ2n) is 5.20. The highest BCUT2D eigenvalue weighted by molar-refractivity contribution is 5.75. The predicted octanol–water partition coefficient (Wildman–Crippen LogP) is 2.46. The fraction of sp³-hybridized carbons (Fsp3) is 0.533. The molecule has 2 N–H and O–H groups in total. The Bertz CT molecular complexity index is 383. The topological polar surface area (TPSA) is 49.3 Å². The molecule has 18 heavy (non-hydrogen) atoms. The summed E-state index contributed by atoms with van der Waals surface area (Å²) in [4.78, 5) is 11.5. The van der Waals surface area contributed by atoms with Crippen LogP contribution < -0.4 is 5.32 Å². The fourth-order valence-corrected chi connectivity index (χ4v) is 2.75. The van der Waals surface area contributed by atoms with Crippen molar-refractivity contribution in [2.75, 3.05) is 13.1 Å². The van der Waals surface area contributed by atoms with Gasteiger partial charge < -0.3 is 10.4 Å². The standard InChI is InChI=1S/C15H21NO2/c17-14(18)15(10-5-11-16-12-15)9-4-8-13-6-2-1-3-7-13/h1-3,6-7,16H,4-5,8-12H2,(H,17,18). The number of nitrogens with one attached hydrogen (secondary N) is 1. The zero-order chi connectivity index (χ0) is 12.8. The first-order chi connectivity index (χ1) is 8.73. The van der Waals surface area contributed by atoms with Crippen molar-refractivity contribution >= 4 is 5.97 Å². The predicted molar refractivity (Wildman–Crippen MR) is 71.6 cm³/mol. The van der Waals surface area contributed by atoms with E-state index in [4.69, 9.17) is 0 Å². The number of hydrogen-bond acceptors (Lipinski definition) is 2. The van der Waals surface area contributed by atoms with Gasteiger partial charge in [-0.1, -0.05) is 30.3 Å². The van der Waals surface area contributed by atoms with E-state index < -0.39 is 11.4 Å². The molecule has 1 aliphatic rings. The molecule has 2 rings (SSSR count). The molecule has 1 fully saturated rings. The summed E-state index contributed by atoms with van der Waals surface area (Å²) in [5.74, 6) is -0.636. The number of carboxylic acids is 1. The molecular weight excluding hydrogens is 226 g/mol. The van der Waals surface area contributed by atoms with Crippen molar-refractivity contribution in [1.29, 1.82) is 0 Å². The molecule has 1 aromatic carbocycles. The maximum Gasteiger partial charge on any atom is 0.310 e. The minimum absolute atomic E-state index is 0.535. The first kappa shape index (κ1) is 13.1. The molecule has 98 valence electrons. The average molecular weight is 247 g/mol. The maximum atomic E-state index is 11.5. The van der Waals surface area contributed by atoms with Crippen LogP contribution in [0.4, 0.5) is 0 Å². The van der Waals surface area contributed by atoms with Gasteiger partial charge in [0.25, 0.3) is 0 Å². The Kier molecular flexibility index (Phi) is 4.37. The monoisotopic (exact) mass is 247 g/mol. The number of benzene rings is 1. The number of rotatable bonds is 5. The molecule has 0 aromatic heterocycles. The molecule has 1 aromatic rings. The van der Waals surface area contributed by atoms with E-state index in [0.717, 1.165) is 38.6 Å². The van der Waals surface area contributed by atoms with Crippen molar-refractivity contribution in [2.45, 2.75) is 32.1 Å². The quantitative estimate of drug-likeness (QED) is 0.840. The third-order valence-corrected chi connectivity index (χ3v) is 3.89. The van der Waals surface area contributed by atoms with Crippen molar-refractivity contribution in [3.8, 4) is 0 Å². The molecule has 0 radical (unpaired) electrons. The van der Waals surface area contributed by atoms with Gasteiger partial charge in [-0.25, -0.2) is 0 Å².